The van der Waals surface area contributed by atoms with Crippen molar-refractivity contribution >= 4 is 23.5 Å². The number of nitro groups is 1. The van der Waals surface area contributed by atoms with Crippen molar-refractivity contribution in [1.29, 1.82) is 0 Å². The van der Waals surface area contributed by atoms with Gasteiger partial charge in [-0.05, 0) is 25.3 Å². The number of aromatic carboxylic acids is 1. The molecule has 1 heterocycles. The van der Waals surface area contributed by atoms with Gasteiger partial charge in [-0.3, -0.25) is 19.7 Å². The summed E-state index contributed by atoms with van der Waals surface area (Å²) in [6.45, 7) is 1.06. The second-order valence-electron chi connectivity index (χ2n) is 5.45. The fourth-order valence-corrected chi connectivity index (χ4v) is 2.48. The third kappa shape index (κ3) is 4.28. The molecule has 0 aliphatic carbocycles. The average Bonchev–Trinajstić information content (AvgIpc) is 2.59. The summed E-state index contributed by atoms with van der Waals surface area (Å²) >= 11 is 0. The highest BCUT2D eigenvalue weighted by atomic mass is 16.6. The lowest BCUT2D eigenvalue weighted by molar-refractivity contribution is -0.384. The van der Waals surface area contributed by atoms with Crippen molar-refractivity contribution in [3.05, 3.63) is 39.4 Å². The van der Waals surface area contributed by atoms with E-state index in [1.807, 2.05) is 0 Å². The fourth-order valence-electron chi connectivity index (χ4n) is 2.48. The Morgan fingerprint density at radius 3 is 2.33 bits per heavy atom. The molecule has 2 N–H and O–H groups in total. The number of hydrogen-bond donors (Lipinski definition) is 2. The zero-order valence-corrected chi connectivity index (χ0v) is 12.9. The summed E-state index contributed by atoms with van der Waals surface area (Å²) in [5, 5.41) is 22.2. The normalized spacial score (nSPS) is 14.1. The number of likely N-dealkylation sites (tertiary alicyclic amines) is 1. The molecule has 0 saturated carbocycles. The van der Waals surface area contributed by atoms with Gasteiger partial charge in [-0.25, -0.2) is 4.79 Å². The van der Waals surface area contributed by atoms with E-state index in [0.29, 0.717) is 13.1 Å². The van der Waals surface area contributed by atoms with E-state index in [4.69, 9.17) is 5.11 Å². The Kier molecular flexibility index (Phi) is 5.46. The van der Waals surface area contributed by atoms with Crippen molar-refractivity contribution in [3.63, 3.8) is 0 Å². The molecule has 1 aliphatic heterocycles. The fraction of sp³-hybridized carbons (Fsp3) is 0.400. The van der Waals surface area contributed by atoms with Crippen molar-refractivity contribution in [2.24, 2.45) is 0 Å². The molecule has 0 radical (unpaired) electrons. The van der Waals surface area contributed by atoms with Gasteiger partial charge in [-0.1, -0.05) is 0 Å². The van der Waals surface area contributed by atoms with E-state index in [1.165, 1.54) is 0 Å². The smallest absolute Gasteiger partial charge is 0.335 e. The molecular weight excluding hydrogens is 318 g/mol. The van der Waals surface area contributed by atoms with Gasteiger partial charge in [0.1, 0.15) is 0 Å². The Bertz CT molecular complexity index is 650. The highest BCUT2D eigenvalue weighted by Crippen LogP contribution is 2.17. The molecular formula is C15H17N3O6. The van der Waals surface area contributed by atoms with E-state index in [9.17, 15) is 24.5 Å². The summed E-state index contributed by atoms with van der Waals surface area (Å²) in [6.07, 6.45) is 2.92. The molecule has 0 bridgehead atoms. The predicted molar refractivity (Wildman–Crippen MR) is 82.8 cm³/mol. The van der Waals surface area contributed by atoms with Crippen LogP contribution in [0.1, 0.15) is 40.0 Å². The van der Waals surface area contributed by atoms with E-state index in [-0.39, 0.29) is 23.6 Å². The maximum Gasteiger partial charge on any atom is 0.335 e. The third-order valence-electron chi connectivity index (χ3n) is 3.75. The van der Waals surface area contributed by atoms with Crippen LogP contribution in [-0.4, -0.2) is 52.3 Å². The van der Waals surface area contributed by atoms with Crippen molar-refractivity contribution < 1.29 is 24.4 Å². The Labute approximate surface area is 137 Å². The summed E-state index contributed by atoms with van der Waals surface area (Å²) in [5.74, 6) is -2.34. The van der Waals surface area contributed by atoms with Gasteiger partial charge in [0.05, 0.1) is 17.0 Å². The lowest BCUT2D eigenvalue weighted by Crippen LogP contribution is -2.42. The molecule has 1 aromatic carbocycles. The van der Waals surface area contributed by atoms with Crippen LogP contribution in [-0.2, 0) is 4.79 Å². The SMILES string of the molecule is O=C(O)c1cc(C(=O)NCC(=O)N2CCCCC2)cc([N+](=O)[O-])c1. The first-order valence-electron chi connectivity index (χ1n) is 7.47. The number of rotatable bonds is 5. The number of carbonyl (C=O) groups is 3. The van der Waals surface area contributed by atoms with Crippen LogP contribution in [0.25, 0.3) is 0 Å². The zero-order chi connectivity index (χ0) is 17.7. The lowest BCUT2D eigenvalue weighted by Gasteiger charge is -2.26. The molecule has 2 rings (SSSR count). The summed E-state index contributed by atoms with van der Waals surface area (Å²) in [7, 11) is 0. The van der Waals surface area contributed by atoms with E-state index in [2.05, 4.69) is 5.32 Å². The van der Waals surface area contributed by atoms with Gasteiger partial charge in [-0.2, -0.15) is 0 Å². The van der Waals surface area contributed by atoms with Crippen molar-refractivity contribution in [2.45, 2.75) is 19.3 Å². The molecule has 1 saturated heterocycles. The summed E-state index contributed by atoms with van der Waals surface area (Å²) in [6, 6.07) is 2.89. The molecule has 0 aromatic heterocycles. The predicted octanol–water partition coefficient (Wildman–Crippen LogP) is 1.04. The minimum atomic E-state index is -1.38. The zero-order valence-electron chi connectivity index (χ0n) is 12.9. The average molecular weight is 335 g/mol. The van der Waals surface area contributed by atoms with Crippen LogP contribution in [0.15, 0.2) is 18.2 Å². The number of hydrogen-bond acceptors (Lipinski definition) is 5. The number of nitro benzene ring substituents is 1. The van der Waals surface area contributed by atoms with E-state index in [1.54, 1.807) is 4.90 Å². The summed E-state index contributed by atoms with van der Waals surface area (Å²) in [4.78, 5) is 46.8. The number of amides is 2. The quantitative estimate of drug-likeness (QED) is 0.610. The molecule has 1 aliphatic rings. The lowest BCUT2D eigenvalue weighted by atomic mass is 10.1. The number of piperidine rings is 1. The molecule has 0 spiro atoms. The molecule has 24 heavy (non-hydrogen) atoms. The van der Waals surface area contributed by atoms with Gasteiger partial charge in [0, 0.05) is 30.8 Å². The van der Waals surface area contributed by atoms with Gasteiger partial charge < -0.3 is 15.3 Å². The molecule has 1 fully saturated rings. The number of carbonyl (C=O) groups excluding carboxylic acids is 2. The molecule has 128 valence electrons. The third-order valence-corrected chi connectivity index (χ3v) is 3.75. The van der Waals surface area contributed by atoms with Crippen LogP contribution in [0.5, 0.6) is 0 Å². The largest absolute Gasteiger partial charge is 0.478 e. The van der Waals surface area contributed by atoms with Crippen LogP contribution in [0.4, 0.5) is 5.69 Å². The van der Waals surface area contributed by atoms with Crippen molar-refractivity contribution in [1.82, 2.24) is 10.2 Å². The maximum atomic E-state index is 12.1. The van der Waals surface area contributed by atoms with E-state index in [0.717, 1.165) is 37.5 Å². The summed E-state index contributed by atoms with van der Waals surface area (Å²) in [5.41, 5.74) is -1.04. The number of non-ortho nitro benzene ring substituents is 1. The van der Waals surface area contributed by atoms with Crippen molar-refractivity contribution in [2.75, 3.05) is 19.6 Å². The van der Waals surface area contributed by atoms with Crippen LogP contribution in [0.3, 0.4) is 0 Å². The van der Waals surface area contributed by atoms with Gasteiger partial charge >= 0.3 is 5.97 Å². The Morgan fingerprint density at radius 2 is 1.75 bits per heavy atom. The van der Waals surface area contributed by atoms with E-state index < -0.39 is 22.5 Å². The summed E-state index contributed by atoms with van der Waals surface area (Å²) < 4.78 is 0. The minimum absolute atomic E-state index is 0.173. The topological polar surface area (TPSA) is 130 Å². The number of carboxylic acid groups (broad SMARTS) is 1. The van der Waals surface area contributed by atoms with Gasteiger partial charge in [-0.15, -0.1) is 0 Å². The minimum Gasteiger partial charge on any atom is -0.478 e. The van der Waals surface area contributed by atoms with Gasteiger partial charge in [0.15, 0.2) is 0 Å². The standard InChI is InChI=1S/C15H17N3O6/c19-13(17-4-2-1-3-5-17)9-16-14(20)10-6-11(15(21)22)8-12(7-10)18(23)24/h6-8H,1-5,9H2,(H,16,20)(H,21,22). The Morgan fingerprint density at radius 1 is 1.12 bits per heavy atom. The second kappa shape index (κ2) is 7.53. The molecule has 9 nitrogen and oxygen atoms in total. The number of nitrogens with one attached hydrogen (secondary N) is 1. The van der Waals surface area contributed by atoms with Crippen LogP contribution < -0.4 is 5.32 Å². The number of nitrogens with zero attached hydrogens (tertiary/aromatic N) is 2. The molecule has 1 aromatic rings. The van der Waals surface area contributed by atoms with Crippen LogP contribution in [0.2, 0.25) is 0 Å². The first-order chi connectivity index (χ1) is 11.4. The first kappa shape index (κ1) is 17.4. The van der Waals surface area contributed by atoms with Crippen LogP contribution in [0, 0.1) is 10.1 Å². The Balaban J connectivity index is 2.07. The highest BCUT2D eigenvalue weighted by Gasteiger charge is 2.20. The molecule has 0 unspecified atom stereocenters. The van der Waals surface area contributed by atoms with Gasteiger partial charge in [0.2, 0.25) is 5.91 Å². The number of carboxylic acids is 1. The Hall–Kier alpha value is -2.97. The number of benzene rings is 1. The van der Waals surface area contributed by atoms with Gasteiger partial charge in [0.25, 0.3) is 11.6 Å². The van der Waals surface area contributed by atoms with Crippen molar-refractivity contribution in [3.8, 4) is 0 Å². The molecule has 2 amide bonds. The molecule has 0 atom stereocenters. The highest BCUT2D eigenvalue weighted by molar-refractivity contribution is 5.99. The first-order valence-corrected chi connectivity index (χ1v) is 7.47. The molecule has 9 heteroatoms. The van der Waals surface area contributed by atoms with E-state index >= 15 is 0 Å². The second-order valence-corrected chi connectivity index (χ2v) is 5.45. The maximum absolute atomic E-state index is 12.1. The monoisotopic (exact) mass is 335 g/mol. The van der Waals surface area contributed by atoms with Crippen LogP contribution >= 0.6 is 0 Å².